The maximum absolute atomic E-state index is 8.99. The fourth-order valence-electron chi connectivity index (χ4n) is 15.3. The first-order valence-electron chi connectivity index (χ1n) is 34.4. The highest BCUT2D eigenvalue weighted by molar-refractivity contribution is 5.69. The second-order valence-corrected chi connectivity index (χ2v) is 28.7. The van der Waals surface area contributed by atoms with E-state index in [1.54, 1.807) is 5.56 Å². The van der Waals surface area contributed by atoms with Crippen LogP contribution in [0.15, 0.2) is 201 Å². The SMILES string of the molecule is Cc1ccccc1-c1ccc(-c2ccc(C3CCC(C)(C)CC3)cc2)c[n+]1C.Cc1ccccc1-c1ccc(-c2ccc(C3CCC(C4CCCCC4)CC3)cc2)c[n+]1C.[2H]C1(c2ccc(-c3ccc(-c4ccccc4C)[n+](C)c3)cc2)CCC(C)(C)CC1. The van der Waals surface area contributed by atoms with Gasteiger partial charge in [-0.1, -0.05) is 187 Å². The molecule has 4 saturated carbocycles. The van der Waals surface area contributed by atoms with E-state index in [2.05, 4.69) is 284 Å². The molecule has 88 heavy (non-hydrogen) atoms. The van der Waals surface area contributed by atoms with Gasteiger partial charge in [0.1, 0.15) is 21.1 Å². The molecule has 4 aliphatic carbocycles. The van der Waals surface area contributed by atoms with Crippen molar-refractivity contribution in [3.05, 3.63) is 234 Å². The molecule has 9 aromatic rings. The lowest BCUT2D eigenvalue weighted by Crippen LogP contribution is -2.30. The van der Waals surface area contributed by atoms with Gasteiger partial charge in [-0.3, -0.25) is 0 Å². The maximum atomic E-state index is 8.99. The topological polar surface area (TPSA) is 11.6 Å². The van der Waals surface area contributed by atoms with Crippen LogP contribution in [0, 0.1) is 43.4 Å². The summed E-state index contributed by atoms with van der Waals surface area (Å²) in [7, 11) is 6.41. The van der Waals surface area contributed by atoms with Gasteiger partial charge in [0, 0.05) is 53.0 Å². The molecule has 3 nitrogen and oxygen atoms in total. The van der Waals surface area contributed by atoms with Gasteiger partial charge in [-0.2, -0.15) is 0 Å². The van der Waals surface area contributed by atoms with Gasteiger partial charge >= 0.3 is 0 Å². The highest BCUT2D eigenvalue weighted by Crippen LogP contribution is 2.46. The largest absolute Gasteiger partial charge is 0.212 e. The Morgan fingerprint density at radius 3 is 0.977 bits per heavy atom. The monoisotopic (exact) mass is 1170 g/mol. The van der Waals surface area contributed by atoms with Crippen LogP contribution in [0.25, 0.3) is 67.2 Å². The van der Waals surface area contributed by atoms with Crippen molar-refractivity contribution in [1.82, 2.24) is 0 Å². The van der Waals surface area contributed by atoms with Gasteiger partial charge in [0.15, 0.2) is 18.6 Å². The van der Waals surface area contributed by atoms with Gasteiger partial charge < -0.3 is 0 Å². The van der Waals surface area contributed by atoms with E-state index in [9.17, 15) is 0 Å². The third kappa shape index (κ3) is 15.2. The molecule has 0 aliphatic heterocycles. The molecular formula is C85H102N3+3. The van der Waals surface area contributed by atoms with Crippen LogP contribution in [0.4, 0.5) is 0 Å². The van der Waals surface area contributed by atoms with Crippen LogP contribution in [0.2, 0.25) is 0 Å². The zero-order valence-electron chi connectivity index (χ0n) is 56.2. The summed E-state index contributed by atoms with van der Waals surface area (Å²) < 4.78 is 15.7. The van der Waals surface area contributed by atoms with Crippen LogP contribution < -0.4 is 13.7 Å². The van der Waals surface area contributed by atoms with Crippen molar-refractivity contribution in [3.8, 4) is 67.2 Å². The Morgan fingerprint density at radius 2 is 0.625 bits per heavy atom. The highest BCUT2D eigenvalue weighted by Gasteiger charge is 2.31. The Bertz CT molecular complexity index is 3800. The first-order valence-corrected chi connectivity index (χ1v) is 33.9. The number of aryl methyl sites for hydroxylation is 6. The van der Waals surface area contributed by atoms with Crippen molar-refractivity contribution in [2.45, 2.75) is 175 Å². The molecule has 0 bridgehead atoms. The molecule has 454 valence electrons. The van der Waals surface area contributed by atoms with Crippen molar-refractivity contribution >= 4 is 0 Å². The van der Waals surface area contributed by atoms with E-state index in [-0.39, 0.29) is 0 Å². The smallest absolute Gasteiger partial charge is 0.200 e. The molecule has 0 spiro atoms. The summed E-state index contributed by atoms with van der Waals surface area (Å²) in [6.07, 6.45) is 29.4. The Labute approximate surface area is 532 Å². The molecule has 0 unspecified atom stereocenters. The number of benzene rings is 6. The molecule has 0 amide bonds. The van der Waals surface area contributed by atoms with Gasteiger partial charge in [0.05, 0.1) is 0 Å². The maximum Gasteiger partial charge on any atom is 0.212 e. The molecule has 13 rings (SSSR count). The minimum absolute atomic E-state index is 0.387. The van der Waals surface area contributed by atoms with Crippen LogP contribution in [-0.2, 0) is 21.1 Å². The second kappa shape index (κ2) is 28.1. The van der Waals surface area contributed by atoms with Crippen LogP contribution >= 0.6 is 0 Å². The standard InChI is InChI=1S/C31H38N.2C27H32N/c1-23-8-6-7-11-30(23)31-21-20-29(22-32(31)2)28-18-16-27(17-19-28)26-14-12-25(13-15-26)24-9-4-3-5-10-24;2*1-20-7-5-6-8-25(20)26-14-13-24(19-28(26)4)22-11-9-21(10-12-22)23-15-17-27(2,3)18-16-23/h6-8,11,16-22,24-26H,3-5,9-10,12-15H2,1-2H3;2*5-14,19,23H,15-18H2,1-4H3/q3*+1/i;23D;. The number of nitrogens with zero attached hydrogens (tertiary/aromatic N) is 3. The minimum atomic E-state index is -0.423. The van der Waals surface area contributed by atoms with Crippen molar-refractivity contribution in [2.75, 3.05) is 0 Å². The van der Waals surface area contributed by atoms with E-state index in [1.807, 2.05) is 0 Å². The second-order valence-electron chi connectivity index (χ2n) is 28.7. The van der Waals surface area contributed by atoms with Gasteiger partial charge in [0.25, 0.3) is 0 Å². The first kappa shape index (κ1) is 61.0. The Balaban J connectivity index is 0.000000138. The molecule has 3 heterocycles. The Kier molecular flexibility index (Phi) is 19.5. The summed E-state index contributed by atoms with van der Waals surface area (Å²) in [5.41, 5.74) is 24.3. The minimum Gasteiger partial charge on any atom is -0.200 e. The van der Waals surface area contributed by atoms with Crippen LogP contribution in [0.3, 0.4) is 0 Å². The zero-order valence-corrected chi connectivity index (χ0v) is 55.2. The van der Waals surface area contributed by atoms with E-state index in [4.69, 9.17) is 1.37 Å². The molecule has 0 saturated heterocycles. The van der Waals surface area contributed by atoms with E-state index in [0.717, 1.165) is 54.9 Å². The lowest BCUT2D eigenvalue weighted by molar-refractivity contribution is -0.660. The fraction of sp³-hybridized carbons (Fsp3) is 0.400. The predicted molar refractivity (Wildman–Crippen MR) is 371 cm³/mol. The van der Waals surface area contributed by atoms with Gasteiger partial charge in [0.2, 0.25) is 17.1 Å². The molecule has 0 radical (unpaired) electrons. The average molecular weight is 1170 g/mol. The predicted octanol–water partition coefficient (Wildman–Crippen LogP) is 21.7. The number of hydrogen-bond acceptors (Lipinski definition) is 0. The van der Waals surface area contributed by atoms with Gasteiger partial charge in [-0.15, -0.1) is 0 Å². The summed E-state index contributed by atoms with van der Waals surface area (Å²) >= 11 is 0. The third-order valence-electron chi connectivity index (χ3n) is 21.4. The fourth-order valence-corrected chi connectivity index (χ4v) is 15.3. The van der Waals surface area contributed by atoms with Crippen molar-refractivity contribution in [2.24, 2.45) is 43.8 Å². The van der Waals surface area contributed by atoms with Crippen LogP contribution in [0.5, 0.6) is 0 Å². The van der Waals surface area contributed by atoms with Crippen molar-refractivity contribution < 1.29 is 15.1 Å². The molecule has 6 aromatic carbocycles. The molecule has 0 atom stereocenters. The molecule has 0 N–H and O–H groups in total. The molecule has 4 aliphatic rings. The Morgan fingerprint density at radius 1 is 0.318 bits per heavy atom. The number of aromatic nitrogens is 3. The Hall–Kier alpha value is -7.23. The molecule has 3 aromatic heterocycles. The van der Waals surface area contributed by atoms with Crippen LogP contribution in [-0.4, -0.2) is 0 Å². The van der Waals surface area contributed by atoms with Crippen LogP contribution in [0.1, 0.15) is 189 Å². The quantitative estimate of drug-likeness (QED) is 0.121. The van der Waals surface area contributed by atoms with E-state index in [0.29, 0.717) is 10.8 Å². The lowest BCUT2D eigenvalue weighted by atomic mass is 9.70. The van der Waals surface area contributed by atoms with E-state index in [1.165, 1.54) is 173 Å². The molecule has 3 heteroatoms. The van der Waals surface area contributed by atoms with Crippen molar-refractivity contribution in [1.29, 1.82) is 0 Å². The highest BCUT2D eigenvalue weighted by atomic mass is 14.9. The summed E-state index contributed by atoms with van der Waals surface area (Å²) in [4.78, 5) is 0. The normalized spacial score (nSPS) is 19.3. The van der Waals surface area contributed by atoms with E-state index < -0.39 is 5.89 Å². The molecule has 4 fully saturated rings. The zero-order chi connectivity index (χ0) is 62.3. The summed E-state index contributed by atoms with van der Waals surface area (Å²) in [5, 5.41) is 0. The first-order chi connectivity index (χ1) is 42.9. The number of hydrogen-bond donors (Lipinski definition) is 0. The molecular weight excluding hydrogens is 1060 g/mol. The third-order valence-corrected chi connectivity index (χ3v) is 21.4. The summed E-state index contributed by atoms with van der Waals surface area (Å²) in [6, 6.07) is 66.7. The van der Waals surface area contributed by atoms with Gasteiger partial charge in [-0.25, -0.2) is 13.7 Å². The lowest BCUT2D eigenvalue weighted by Gasteiger charge is -2.36. The average Bonchev–Trinajstić information content (AvgIpc) is 1.90. The van der Waals surface area contributed by atoms with E-state index >= 15 is 0 Å². The number of rotatable bonds is 10. The van der Waals surface area contributed by atoms with Crippen molar-refractivity contribution in [3.63, 3.8) is 0 Å². The summed E-state index contributed by atoms with van der Waals surface area (Å²) in [6.45, 7) is 16.0. The van der Waals surface area contributed by atoms with Gasteiger partial charge in [-0.05, 0) is 225 Å². The number of pyridine rings is 3. The summed E-state index contributed by atoms with van der Waals surface area (Å²) in [5.74, 6) is 3.13.